The number of nitrogens with zero attached hydrogens (tertiary/aromatic N) is 2. The molecule has 3 N–H and O–H groups in total. The van der Waals surface area contributed by atoms with E-state index in [2.05, 4.69) is 15.4 Å². The van der Waals surface area contributed by atoms with Gasteiger partial charge in [-0.3, -0.25) is 15.8 Å². The number of aromatic nitrogens is 2. The van der Waals surface area contributed by atoms with Crippen LogP contribution in [0.25, 0.3) is 0 Å². The molecule has 0 spiro atoms. The molecule has 1 unspecified atom stereocenters. The number of fused-ring (bicyclic) bond motifs is 1. The highest BCUT2D eigenvalue weighted by atomic mass is 16.5. The van der Waals surface area contributed by atoms with Crippen LogP contribution in [0.2, 0.25) is 0 Å². The lowest BCUT2D eigenvalue weighted by atomic mass is 10.0. The Hall–Kier alpha value is -2.18. The number of hydrogen-bond acceptors (Lipinski definition) is 6. The minimum atomic E-state index is -0.241. The van der Waals surface area contributed by atoms with Crippen LogP contribution in [0.15, 0.2) is 30.6 Å². The van der Waals surface area contributed by atoms with E-state index in [1.807, 2.05) is 25.1 Å². The lowest BCUT2D eigenvalue weighted by Gasteiger charge is -2.17. The third-order valence-corrected chi connectivity index (χ3v) is 3.37. The van der Waals surface area contributed by atoms with Crippen molar-refractivity contribution in [3.05, 3.63) is 47.5 Å². The van der Waals surface area contributed by atoms with Gasteiger partial charge in [-0.05, 0) is 24.6 Å². The largest absolute Gasteiger partial charge is 0.490 e. The van der Waals surface area contributed by atoms with Crippen LogP contribution in [0.5, 0.6) is 11.5 Å². The van der Waals surface area contributed by atoms with Crippen molar-refractivity contribution >= 4 is 0 Å². The summed E-state index contributed by atoms with van der Waals surface area (Å²) in [7, 11) is 0. The number of ether oxygens (including phenoxy) is 2. The lowest BCUT2D eigenvalue weighted by molar-refractivity contribution is 0.297. The van der Waals surface area contributed by atoms with Crippen LogP contribution in [0.4, 0.5) is 0 Å². The fourth-order valence-corrected chi connectivity index (χ4v) is 2.26. The number of hydrazine groups is 1. The second-order valence-corrected chi connectivity index (χ2v) is 4.94. The number of nitrogens with one attached hydrogen (secondary N) is 1. The summed E-state index contributed by atoms with van der Waals surface area (Å²) in [5, 5.41) is 0. The average molecular weight is 286 g/mol. The van der Waals surface area contributed by atoms with Crippen molar-refractivity contribution in [3.63, 3.8) is 0 Å². The van der Waals surface area contributed by atoms with Gasteiger partial charge < -0.3 is 9.47 Å². The fraction of sp³-hybridized carbons (Fsp3) is 0.333. The summed E-state index contributed by atoms with van der Waals surface area (Å²) < 4.78 is 11.3. The maximum atomic E-state index is 5.71. The number of benzene rings is 1. The molecule has 1 aromatic heterocycles. The van der Waals surface area contributed by atoms with Crippen molar-refractivity contribution in [2.75, 3.05) is 13.2 Å². The third kappa shape index (κ3) is 2.96. The molecule has 1 aliphatic rings. The molecule has 21 heavy (non-hydrogen) atoms. The Bertz CT molecular complexity index is 616. The molecule has 1 atom stereocenters. The van der Waals surface area contributed by atoms with Crippen LogP contribution in [-0.4, -0.2) is 23.2 Å². The SMILES string of the molecule is Cc1cnc(C(NN)c2ccc3c(c2)OCCCO3)cn1. The van der Waals surface area contributed by atoms with Crippen LogP contribution < -0.4 is 20.7 Å². The molecule has 6 nitrogen and oxygen atoms in total. The average Bonchev–Trinajstić information content (AvgIpc) is 2.75. The molecule has 0 radical (unpaired) electrons. The van der Waals surface area contributed by atoms with Crippen molar-refractivity contribution in [2.24, 2.45) is 5.84 Å². The minimum Gasteiger partial charge on any atom is -0.490 e. The summed E-state index contributed by atoms with van der Waals surface area (Å²) >= 11 is 0. The molecule has 1 aromatic carbocycles. The maximum absolute atomic E-state index is 5.71. The second-order valence-electron chi connectivity index (χ2n) is 4.94. The van der Waals surface area contributed by atoms with E-state index in [1.54, 1.807) is 12.4 Å². The molecule has 2 aromatic rings. The smallest absolute Gasteiger partial charge is 0.161 e. The molecule has 0 amide bonds. The zero-order chi connectivity index (χ0) is 14.7. The molecule has 2 heterocycles. The molecular weight excluding hydrogens is 268 g/mol. The van der Waals surface area contributed by atoms with E-state index in [4.69, 9.17) is 15.3 Å². The van der Waals surface area contributed by atoms with E-state index in [1.165, 1.54) is 0 Å². The minimum absolute atomic E-state index is 0.241. The molecule has 0 aliphatic carbocycles. The molecule has 6 heteroatoms. The molecule has 0 fully saturated rings. The van der Waals surface area contributed by atoms with E-state index in [0.717, 1.165) is 34.9 Å². The van der Waals surface area contributed by atoms with Crippen LogP contribution in [0.1, 0.15) is 29.4 Å². The van der Waals surface area contributed by atoms with Gasteiger partial charge in [-0.25, -0.2) is 5.43 Å². The van der Waals surface area contributed by atoms with E-state index in [-0.39, 0.29) is 6.04 Å². The van der Waals surface area contributed by atoms with Gasteiger partial charge in [0.1, 0.15) is 0 Å². The number of hydrogen-bond donors (Lipinski definition) is 2. The summed E-state index contributed by atoms with van der Waals surface area (Å²) in [4.78, 5) is 8.64. The number of rotatable bonds is 3. The maximum Gasteiger partial charge on any atom is 0.161 e. The van der Waals surface area contributed by atoms with Gasteiger partial charge >= 0.3 is 0 Å². The van der Waals surface area contributed by atoms with Gasteiger partial charge in [-0.15, -0.1) is 0 Å². The van der Waals surface area contributed by atoms with Gasteiger partial charge in [0.15, 0.2) is 11.5 Å². The molecule has 0 saturated carbocycles. The molecule has 1 aliphatic heterocycles. The van der Waals surface area contributed by atoms with E-state index in [0.29, 0.717) is 13.2 Å². The van der Waals surface area contributed by atoms with Gasteiger partial charge in [0.05, 0.1) is 36.8 Å². The molecule has 0 saturated heterocycles. The highest BCUT2D eigenvalue weighted by molar-refractivity contribution is 5.45. The van der Waals surface area contributed by atoms with Crippen LogP contribution >= 0.6 is 0 Å². The summed E-state index contributed by atoms with van der Waals surface area (Å²) in [6, 6.07) is 5.56. The quantitative estimate of drug-likeness (QED) is 0.657. The molecular formula is C15H18N4O2. The molecule has 110 valence electrons. The summed E-state index contributed by atoms with van der Waals surface area (Å²) in [5.74, 6) is 7.20. The Morgan fingerprint density at radius 2 is 1.95 bits per heavy atom. The summed E-state index contributed by atoms with van der Waals surface area (Å²) in [6.45, 7) is 3.23. The van der Waals surface area contributed by atoms with Gasteiger partial charge in [0.2, 0.25) is 0 Å². The highest BCUT2D eigenvalue weighted by Crippen LogP contribution is 2.33. The van der Waals surface area contributed by atoms with E-state index < -0.39 is 0 Å². The second kappa shape index (κ2) is 6.07. The predicted octanol–water partition coefficient (Wildman–Crippen LogP) is 1.50. The third-order valence-electron chi connectivity index (χ3n) is 3.37. The van der Waals surface area contributed by atoms with Crippen LogP contribution in [-0.2, 0) is 0 Å². The Morgan fingerprint density at radius 3 is 2.67 bits per heavy atom. The fourth-order valence-electron chi connectivity index (χ4n) is 2.26. The number of aryl methyl sites for hydroxylation is 1. The first-order valence-corrected chi connectivity index (χ1v) is 6.92. The normalized spacial score (nSPS) is 15.3. The Morgan fingerprint density at radius 1 is 1.14 bits per heavy atom. The number of nitrogens with two attached hydrogens (primary N) is 1. The predicted molar refractivity (Wildman–Crippen MR) is 78.0 cm³/mol. The van der Waals surface area contributed by atoms with Crippen LogP contribution in [0, 0.1) is 6.92 Å². The Balaban J connectivity index is 1.93. The van der Waals surface area contributed by atoms with Crippen molar-refractivity contribution in [2.45, 2.75) is 19.4 Å². The van der Waals surface area contributed by atoms with Crippen molar-refractivity contribution in [1.29, 1.82) is 0 Å². The zero-order valence-corrected chi connectivity index (χ0v) is 11.9. The first-order chi connectivity index (χ1) is 10.3. The Labute approximate surface area is 123 Å². The van der Waals surface area contributed by atoms with Crippen molar-refractivity contribution < 1.29 is 9.47 Å². The van der Waals surface area contributed by atoms with Gasteiger partial charge in [-0.2, -0.15) is 0 Å². The molecule has 3 rings (SSSR count). The first-order valence-electron chi connectivity index (χ1n) is 6.92. The zero-order valence-electron chi connectivity index (χ0n) is 11.9. The molecule has 0 bridgehead atoms. The van der Waals surface area contributed by atoms with Gasteiger partial charge in [-0.1, -0.05) is 6.07 Å². The van der Waals surface area contributed by atoms with Crippen LogP contribution in [0.3, 0.4) is 0 Å². The first kappa shape index (κ1) is 13.8. The standard InChI is InChI=1S/C15H18N4O2/c1-10-8-18-12(9-17-10)15(19-16)11-3-4-13-14(7-11)21-6-2-5-20-13/h3-4,7-9,15,19H,2,5-6,16H2,1H3. The summed E-state index contributed by atoms with van der Waals surface area (Å²) in [6.07, 6.45) is 4.33. The Kier molecular flexibility index (Phi) is 3.98. The van der Waals surface area contributed by atoms with Crippen molar-refractivity contribution in [1.82, 2.24) is 15.4 Å². The van der Waals surface area contributed by atoms with E-state index in [9.17, 15) is 0 Å². The van der Waals surface area contributed by atoms with Gasteiger partial charge in [0, 0.05) is 12.6 Å². The van der Waals surface area contributed by atoms with Crippen molar-refractivity contribution in [3.8, 4) is 11.5 Å². The summed E-state index contributed by atoms with van der Waals surface area (Å²) in [5.41, 5.74) is 5.37. The van der Waals surface area contributed by atoms with E-state index >= 15 is 0 Å². The highest BCUT2D eigenvalue weighted by Gasteiger charge is 2.18. The topological polar surface area (TPSA) is 82.3 Å². The monoisotopic (exact) mass is 286 g/mol. The lowest BCUT2D eigenvalue weighted by Crippen LogP contribution is -2.29. The van der Waals surface area contributed by atoms with Gasteiger partial charge in [0.25, 0.3) is 0 Å².